The van der Waals surface area contributed by atoms with Crippen LogP contribution in [-0.2, 0) is 0 Å². The van der Waals surface area contributed by atoms with Gasteiger partial charge in [0.05, 0.1) is 11.0 Å². The van der Waals surface area contributed by atoms with Crippen LogP contribution in [0, 0.1) is 6.92 Å². The van der Waals surface area contributed by atoms with Gasteiger partial charge in [-0.05, 0) is 98.6 Å². The van der Waals surface area contributed by atoms with Gasteiger partial charge in [0.25, 0.3) is 0 Å². The van der Waals surface area contributed by atoms with Crippen LogP contribution < -0.4 is 0 Å². The van der Waals surface area contributed by atoms with Gasteiger partial charge in [0.2, 0.25) is 0 Å². The minimum Gasteiger partial charge on any atom is -0.309 e. The molecule has 1 unspecified atom stereocenters. The van der Waals surface area contributed by atoms with Gasteiger partial charge in [-0.1, -0.05) is 116 Å². The van der Waals surface area contributed by atoms with Crippen LogP contribution in [0.2, 0.25) is 0 Å². The van der Waals surface area contributed by atoms with Crippen molar-refractivity contribution in [3.8, 4) is 5.69 Å². The Balaban J connectivity index is 1.25. The summed E-state index contributed by atoms with van der Waals surface area (Å²) >= 11 is 1.94. The summed E-state index contributed by atoms with van der Waals surface area (Å²) in [6, 6.07) is 47.7. The van der Waals surface area contributed by atoms with Crippen molar-refractivity contribution in [3.63, 3.8) is 0 Å². The SMILES string of the molecule is Cc1ccc2c(c1)c1ccc3c4ccccc4c4ccccc4c3c1n2-c1ccc(C2=CCC(C)c3c2sc2ccccc32)cc1. The second-order valence-electron chi connectivity index (χ2n) is 13.0. The normalized spacial score (nSPS) is 15.0. The summed E-state index contributed by atoms with van der Waals surface area (Å²) in [5, 5.41) is 11.9. The molecule has 46 heavy (non-hydrogen) atoms. The average molecular weight is 606 g/mol. The zero-order valence-electron chi connectivity index (χ0n) is 25.8. The van der Waals surface area contributed by atoms with Crippen LogP contribution in [0.1, 0.15) is 40.8 Å². The Hall–Kier alpha value is -5.18. The molecule has 218 valence electrons. The molecule has 0 saturated heterocycles. The molecule has 1 nitrogen and oxygen atoms in total. The summed E-state index contributed by atoms with van der Waals surface area (Å²) in [5.41, 5.74) is 9.19. The molecule has 10 rings (SSSR count). The number of hydrogen-bond acceptors (Lipinski definition) is 1. The molecule has 0 aliphatic heterocycles. The number of benzene rings is 7. The molecule has 0 bridgehead atoms. The van der Waals surface area contributed by atoms with Crippen molar-refractivity contribution in [2.45, 2.75) is 26.2 Å². The van der Waals surface area contributed by atoms with E-state index in [1.165, 1.54) is 97.0 Å². The molecule has 9 aromatic rings. The number of nitrogens with zero attached hydrogens (tertiary/aromatic N) is 1. The third-order valence-corrected chi connectivity index (χ3v) is 11.5. The van der Waals surface area contributed by atoms with E-state index >= 15 is 0 Å². The summed E-state index contributed by atoms with van der Waals surface area (Å²) in [4.78, 5) is 1.43. The van der Waals surface area contributed by atoms with Crippen LogP contribution in [0.15, 0.2) is 133 Å². The highest BCUT2D eigenvalue weighted by molar-refractivity contribution is 7.20. The summed E-state index contributed by atoms with van der Waals surface area (Å²) in [6.45, 7) is 4.57. The van der Waals surface area contributed by atoms with E-state index in [0.29, 0.717) is 5.92 Å². The molecule has 2 aromatic heterocycles. The van der Waals surface area contributed by atoms with Crippen LogP contribution in [0.3, 0.4) is 0 Å². The van der Waals surface area contributed by atoms with Gasteiger partial charge in [0, 0.05) is 31.4 Å². The number of hydrogen-bond donors (Lipinski definition) is 0. The molecule has 0 saturated carbocycles. The van der Waals surface area contributed by atoms with Gasteiger partial charge in [-0.2, -0.15) is 0 Å². The van der Waals surface area contributed by atoms with Crippen LogP contribution >= 0.6 is 11.3 Å². The Bertz CT molecular complexity index is 2700. The average Bonchev–Trinajstić information content (AvgIpc) is 3.65. The standard InChI is InChI=1S/C44H31NS/c1-26-15-24-39-38(25-26)36-23-22-35-33-11-4-3-9-31(33)32-10-5-6-12-34(32)42(35)43(36)45(39)29-19-17-28(18-20-29)30-21-16-27(2)41-37-13-7-8-14-40(37)46-44(30)41/h3-15,17-25,27H,16H2,1-2H3. The Labute approximate surface area is 271 Å². The highest BCUT2D eigenvalue weighted by Gasteiger charge is 2.25. The number of fused-ring (bicyclic) bond motifs is 13. The number of aromatic nitrogens is 1. The predicted molar refractivity (Wildman–Crippen MR) is 200 cm³/mol. The van der Waals surface area contributed by atoms with Gasteiger partial charge in [-0.25, -0.2) is 0 Å². The lowest BCUT2D eigenvalue weighted by Gasteiger charge is -2.20. The van der Waals surface area contributed by atoms with Gasteiger partial charge < -0.3 is 4.57 Å². The van der Waals surface area contributed by atoms with E-state index in [4.69, 9.17) is 0 Å². The van der Waals surface area contributed by atoms with E-state index in [1.807, 2.05) is 11.3 Å². The van der Waals surface area contributed by atoms with Crippen LogP contribution in [-0.4, -0.2) is 4.57 Å². The second kappa shape index (κ2) is 9.66. The lowest BCUT2D eigenvalue weighted by Crippen LogP contribution is -2.02. The van der Waals surface area contributed by atoms with Gasteiger partial charge in [0.1, 0.15) is 0 Å². The zero-order chi connectivity index (χ0) is 30.5. The van der Waals surface area contributed by atoms with E-state index in [-0.39, 0.29) is 0 Å². The van der Waals surface area contributed by atoms with E-state index in [0.717, 1.165) is 6.42 Å². The minimum atomic E-state index is 0.536. The van der Waals surface area contributed by atoms with E-state index < -0.39 is 0 Å². The molecule has 0 N–H and O–H groups in total. The molecule has 0 radical (unpaired) electrons. The van der Waals surface area contributed by atoms with Crippen LogP contribution in [0.4, 0.5) is 0 Å². The number of allylic oxidation sites excluding steroid dienone is 1. The molecule has 2 heterocycles. The molecule has 1 atom stereocenters. The maximum Gasteiger partial charge on any atom is 0.0625 e. The molecule has 1 aliphatic carbocycles. The molecular weight excluding hydrogens is 575 g/mol. The molecule has 0 fully saturated rings. The Kier molecular flexibility index (Phi) is 5.48. The van der Waals surface area contributed by atoms with Gasteiger partial charge >= 0.3 is 0 Å². The highest BCUT2D eigenvalue weighted by Crippen LogP contribution is 2.47. The third-order valence-electron chi connectivity index (χ3n) is 10.3. The van der Waals surface area contributed by atoms with Gasteiger partial charge in [-0.15, -0.1) is 11.3 Å². The maximum atomic E-state index is 2.51. The zero-order valence-corrected chi connectivity index (χ0v) is 26.7. The third kappa shape index (κ3) is 3.56. The van der Waals surface area contributed by atoms with Gasteiger partial charge in [0.15, 0.2) is 0 Å². The van der Waals surface area contributed by atoms with Crippen molar-refractivity contribution in [1.82, 2.24) is 4.57 Å². The first-order valence-electron chi connectivity index (χ1n) is 16.3. The lowest BCUT2D eigenvalue weighted by atomic mass is 9.85. The van der Waals surface area contributed by atoms with Crippen molar-refractivity contribution in [3.05, 3.63) is 155 Å². The summed E-state index contributed by atoms with van der Waals surface area (Å²) in [6.07, 6.45) is 3.54. The first-order valence-corrected chi connectivity index (χ1v) is 17.1. The van der Waals surface area contributed by atoms with E-state index in [1.54, 1.807) is 0 Å². The smallest absolute Gasteiger partial charge is 0.0625 e. The van der Waals surface area contributed by atoms with Gasteiger partial charge in [-0.3, -0.25) is 0 Å². The predicted octanol–water partition coefficient (Wildman–Crippen LogP) is 12.7. The fraction of sp³-hybridized carbons (Fsp3) is 0.0909. The summed E-state index contributed by atoms with van der Waals surface area (Å²) in [7, 11) is 0. The van der Waals surface area contributed by atoms with Crippen LogP contribution in [0.5, 0.6) is 0 Å². The largest absolute Gasteiger partial charge is 0.309 e. The molecule has 1 aliphatic rings. The highest BCUT2D eigenvalue weighted by atomic mass is 32.1. The summed E-state index contributed by atoms with van der Waals surface area (Å²) in [5.74, 6) is 0.536. The minimum absolute atomic E-state index is 0.536. The molecule has 2 heteroatoms. The Morgan fingerprint density at radius 2 is 1.24 bits per heavy atom. The van der Waals surface area contributed by atoms with Crippen molar-refractivity contribution in [2.24, 2.45) is 0 Å². The number of aryl methyl sites for hydroxylation is 1. The molecule has 0 amide bonds. The fourth-order valence-electron chi connectivity index (χ4n) is 8.17. The van der Waals surface area contributed by atoms with Crippen molar-refractivity contribution >= 4 is 81.1 Å². The monoisotopic (exact) mass is 605 g/mol. The fourth-order valence-corrected chi connectivity index (χ4v) is 9.56. The van der Waals surface area contributed by atoms with Crippen molar-refractivity contribution < 1.29 is 0 Å². The molecular formula is C44H31NS. The van der Waals surface area contributed by atoms with Crippen molar-refractivity contribution in [1.29, 1.82) is 0 Å². The number of rotatable bonds is 2. The maximum absolute atomic E-state index is 2.51. The quantitative estimate of drug-likeness (QED) is 0.173. The first kappa shape index (κ1) is 26.1. The van der Waals surface area contributed by atoms with Crippen LogP contribution in [0.25, 0.3) is 75.5 Å². The Morgan fingerprint density at radius 1 is 0.609 bits per heavy atom. The topological polar surface area (TPSA) is 4.93 Å². The van der Waals surface area contributed by atoms with E-state index in [2.05, 4.69) is 152 Å². The second-order valence-corrected chi connectivity index (χ2v) is 14.0. The molecule has 7 aromatic carbocycles. The van der Waals surface area contributed by atoms with Crippen molar-refractivity contribution in [2.75, 3.05) is 0 Å². The summed E-state index contributed by atoms with van der Waals surface area (Å²) < 4.78 is 3.90. The Morgan fingerprint density at radius 3 is 2.00 bits per heavy atom. The van der Waals surface area contributed by atoms with E-state index in [9.17, 15) is 0 Å². The first-order chi connectivity index (χ1) is 22.7. The number of thiophene rings is 1. The lowest BCUT2D eigenvalue weighted by molar-refractivity contribution is 0.780. The molecule has 0 spiro atoms.